The van der Waals surface area contributed by atoms with E-state index in [1.165, 1.54) is 0 Å². The molecule has 1 aliphatic rings. The normalized spacial score (nSPS) is 17.6. The molecule has 1 saturated heterocycles. The van der Waals surface area contributed by atoms with Crippen molar-refractivity contribution in [3.8, 4) is 0 Å². The van der Waals surface area contributed by atoms with Crippen LogP contribution in [0.1, 0.15) is 26.7 Å². The molecule has 1 atom stereocenters. The minimum Gasteiger partial charge on any atom is -0.481 e. The number of urea groups is 1. The van der Waals surface area contributed by atoms with Crippen molar-refractivity contribution in [3.63, 3.8) is 0 Å². The summed E-state index contributed by atoms with van der Waals surface area (Å²) in [5.74, 6) is -1.33. The first kappa shape index (κ1) is 12.8. The van der Waals surface area contributed by atoms with Crippen LogP contribution in [-0.4, -0.2) is 41.6 Å². The Morgan fingerprint density at radius 1 is 1.31 bits per heavy atom. The van der Waals surface area contributed by atoms with Crippen LogP contribution < -0.4 is 5.32 Å². The van der Waals surface area contributed by atoms with E-state index in [1.807, 2.05) is 13.8 Å². The van der Waals surface area contributed by atoms with Crippen molar-refractivity contribution in [3.05, 3.63) is 0 Å². The van der Waals surface area contributed by atoms with Gasteiger partial charge in [-0.1, -0.05) is 13.8 Å². The van der Waals surface area contributed by atoms with Crippen molar-refractivity contribution in [2.45, 2.75) is 26.7 Å². The van der Waals surface area contributed by atoms with Gasteiger partial charge in [0.15, 0.2) is 0 Å². The fourth-order valence-corrected chi connectivity index (χ4v) is 1.84. The quantitative estimate of drug-likeness (QED) is 0.758. The molecule has 1 rings (SSSR count). The van der Waals surface area contributed by atoms with Crippen molar-refractivity contribution in [1.82, 2.24) is 10.2 Å². The number of aliphatic carboxylic acids is 1. The van der Waals surface area contributed by atoms with Crippen molar-refractivity contribution < 1.29 is 14.7 Å². The summed E-state index contributed by atoms with van der Waals surface area (Å²) in [7, 11) is 0. The molecule has 0 aromatic heterocycles. The molecule has 0 aromatic rings. The van der Waals surface area contributed by atoms with Crippen molar-refractivity contribution >= 4 is 12.0 Å². The van der Waals surface area contributed by atoms with E-state index in [0.717, 1.165) is 25.9 Å². The minimum atomic E-state index is -0.850. The van der Waals surface area contributed by atoms with Gasteiger partial charge in [-0.3, -0.25) is 4.79 Å². The van der Waals surface area contributed by atoms with Crippen LogP contribution in [0, 0.1) is 11.8 Å². The number of carboxylic acids is 1. The first-order chi connectivity index (χ1) is 7.52. The predicted molar refractivity (Wildman–Crippen MR) is 60.2 cm³/mol. The lowest BCUT2D eigenvalue weighted by Crippen LogP contribution is -2.42. The van der Waals surface area contributed by atoms with Gasteiger partial charge in [0.2, 0.25) is 0 Å². The molecular weight excluding hydrogens is 208 g/mol. The van der Waals surface area contributed by atoms with Gasteiger partial charge in [-0.25, -0.2) is 4.79 Å². The van der Waals surface area contributed by atoms with Crippen molar-refractivity contribution in [2.24, 2.45) is 11.8 Å². The number of amides is 2. The smallest absolute Gasteiger partial charge is 0.317 e. The number of likely N-dealkylation sites (tertiary alicyclic amines) is 1. The molecule has 2 N–H and O–H groups in total. The van der Waals surface area contributed by atoms with Crippen LogP contribution in [0.4, 0.5) is 4.79 Å². The Bertz CT molecular complexity index is 260. The Hall–Kier alpha value is -1.26. The van der Waals surface area contributed by atoms with Gasteiger partial charge in [-0.2, -0.15) is 0 Å². The lowest BCUT2D eigenvalue weighted by molar-refractivity contribution is -0.142. The van der Waals surface area contributed by atoms with E-state index in [1.54, 1.807) is 4.90 Å². The third-order valence-electron chi connectivity index (χ3n) is 2.99. The molecule has 16 heavy (non-hydrogen) atoms. The molecule has 92 valence electrons. The summed E-state index contributed by atoms with van der Waals surface area (Å²) in [6.45, 7) is 5.47. The maximum Gasteiger partial charge on any atom is 0.317 e. The monoisotopic (exact) mass is 228 g/mol. The predicted octanol–water partition coefficient (Wildman–Crippen LogP) is 1.15. The average Bonchev–Trinajstić information content (AvgIpc) is 2.69. The zero-order chi connectivity index (χ0) is 12.1. The zero-order valence-corrected chi connectivity index (χ0v) is 9.90. The summed E-state index contributed by atoms with van der Waals surface area (Å²) in [6, 6.07) is -0.135. The highest BCUT2D eigenvalue weighted by molar-refractivity contribution is 5.76. The van der Waals surface area contributed by atoms with Gasteiger partial charge in [0.05, 0.1) is 5.92 Å². The molecule has 1 unspecified atom stereocenters. The first-order valence-electron chi connectivity index (χ1n) is 5.78. The van der Waals surface area contributed by atoms with Crippen LogP contribution in [0.2, 0.25) is 0 Å². The van der Waals surface area contributed by atoms with Gasteiger partial charge in [0.25, 0.3) is 0 Å². The lowest BCUT2D eigenvalue weighted by atomic mass is 9.96. The summed E-state index contributed by atoms with van der Waals surface area (Å²) >= 11 is 0. The Morgan fingerprint density at radius 2 is 1.88 bits per heavy atom. The van der Waals surface area contributed by atoms with Gasteiger partial charge >= 0.3 is 12.0 Å². The second-order valence-electron chi connectivity index (χ2n) is 4.57. The number of nitrogens with zero attached hydrogens (tertiary/aromatic N) is 1. The molecule has 5 heteroatoms. The van der Waals surface area contributed by atoms with Crippen LogP contribution in [0.25, 0.3) is 0 Å². The van der Waals surface area contributed by atoms with Crippen LogP contribution in [0.3, 0.4) is 0 Å². The summed E-state index contributed by atoms with van der Waals surface area (Å²) < 4.78 is 0. The van der Waals surface area contributed by atoms with Crippen molar-refractivity contribution in [1.29, 1.82) is 0 Å². The van der Waals surface area contributed by atoms with Crippen LogP contribution in [0.5, 0.6) is 0 Å². The highest BCUT2D eigenvalue weighted by Gasteiger charge is 2.24. The second-order valence-corrected chi connectivity index (χ2v) is 4.57. The summed E-state index contributed by atoms with van der Waals surface area (Å²) in [5, 5.41) is 11.7. The number of carboxylic acid groups (broad SMARTS) is 1. The number of hydrogen-bond acceptors (Lipinski definition) is 2. The topological polar surface area (TPSA) is 69.6 Å². The Morgan fingerprint density at radius 3 is 2.31 bits per heavy atom. The van der Waals surface area contributed by atoms with Gasteiger partial charge in [0.1, 0.15) is 0 Å². The van der Waals surface area contributed by atoms with Crippen LogP contribution in [0.15, 0.2) is 0 Å². The fraction of sp³-hybridized carbons (Fsp3) is 0.818. The van der Waals surface area contributed by atoms with Gasteiger partial charge in [-0.15, -0.1) is 0 Å². The zero-order valence-electron chi connectivity index (χ0n) is 9.90. The number of hydrogen-bond donors (Lipinski definition) is 2. The van der Waals surface area contributed by atoms with Crippen LogP contribution >= 0.6 is 0 Å². The maximum absolute atomic E-state index is 11.6. The van der Waals surface area contributed by atoms with Crippen LogP contribution in [-0.2, 0) is 4.79 Å². The Kier molecular flexibility index (Phi) is 4.58. The number of carbonyl (C=O) groups excluding carboxylic acids is 1. The van der Waals surface area contributed by atoms with E-state index in [-0.39, 0.29) is 18.5 Å². The minimum absolute atomic E-state index is 0.0244. The molecule has 0 saturated carbocycles. The van der Waals surface area contributed by atoms with E-state index in [0.29, 0.717) is 0 Å². The van der Waals surface area contributed by atoms with Crippen molar-refractivity contribution in [2.75, 3.05) is 19.6 Å². The molecule has 0 aliphatic carbocycles. The molecule has 0 radical (unpaired) electrons. The molecule has 2 amide bonds. The Labute approximate surface area is 95.8 Å². The second kappa shape index (κ2) is 5.72. The van der Waals surface area contributed by atoms with E-state index in [9.17, 15) is 9.59 Å². The SMILES string of the molecule is CC(C)C(CNC(=O)N1CCCC1)C(=O)O. The number of nitrogens with one attached hydrogen (secondary N) is 1. The molecule has 0 bridgehead atoms. The van der Waals surface area contributed by atoms with Gasteiger partial charge < -0.3 is 15.3 Å². The van der Waals surface area contributed by atoms with Gasteiger partial charge in [0, 0.05) is 19.6 Å². The molecular formula is C11H20N2O3. The largest absolute Gasteiger partial charge is 0.481 e. The molecule has 0 spiro atoms. The highest BCUT2D eigenvalue weighted by Crippen LogP contribution is 2.11. The van der Waals surface area contributed by atoms with E-state index in [2.05, 4.69) is 5.32 Å². The molecule has 1 heterocycles. The summed E-state index contributed by atoms with van der Waals surface area (Å²) in [4.78, 5) is 24.3. The molecule has 1 fully saturated rings. The Balaban J connectivity index is 2.36. The standard InChI is InChI=1S/C11H20N2O3/c1-8(2)9(10(14)15)7-12-11(16)13-5-3-4-6-13/h8-9H,3-7H2,1-2H3,(H,12,16)(H,14,15). The average molecular weight is 228 g/mol. The lowest BCUT2D eigenvalue weighted by Gasteiger charge is -2.20. The molecule has 1 aliphatic heterocycles. The van der Waals surface area contributed by atoms with Gasteiger partial charge in [-0.05, 0) is 18.8 Å². The maximum atomic E-state index is 11.6. The summed E-state index contributed by atoms with van der Waals surface area (Å²) in [6.07, 6.45) is 2.08. The summed E-state index contributed by atoms with van der Waals surface area (Å²) in [5.41, 5.74) is 0. The van der Waals surface area contributed by atoms with E-state index < -0.39 is 11.9 Å². The number of carbonyl (C=O) groups is 2. The molecule has 5 nitrogen and oxygen atoms in total. The van der Waals surface area contributed by atoms with E-state index >= 15 is 0 Å². The third-order valence-corrected chi connectivity index (χ3v) is 2.99. The molecule has 0 aromatic carbocycles. The third kappa shape index (κ3) is 3.40. The van der Waals surface area contributed by atoms with E-state index in [4.69, 9.17) is 5.11 Å². The first-order valence-corrected chi connectivity index (χ1v) is 5.78. The number of rotatable bonds is 4. The fourth-order valence-electron chi connectivity index (χ4n) is 1.84. The highest BCUT2D eigenvalue weighted by atomic mass is 16.4.